The second kappa shape index (κ2) is 6.10. The highest BCUT2D eigenvalue weighted by molar-refractivity contribution is 7.99. The van der Waals surface area contributed by atoms with Crippen LogP contribution < -0.4 is 0 Å². The van der Waals surface area contributed by atoms with Gasteiger partial charge in [-0.15, -0.1) is 5.10 Å². The molecule has 0 aliphatic heterocycles. The molecule has 0 aliphatic carbocycles. The van der Waals surface area contributed by atoms with Crippen molar-refractivity contribution in [2.45, 2.75) is 17.3 Å². The predicted molar refractivity (Wildman–Crippen MR) is 84.1 cm³/mol. The minimum absolute atomic E-state index is 0.178. The molecule has 0 saturated carbocycles. The highest BCUT2D eigenvalue weighted by Crippen LogP contribution is 2.40. The molecule has 4 nitrogen and oxygen atoms in total. The minimum atomic E-state index is 0.178. The fourth-order valence-corrected chi connectivity index (χ4v) is 3.41. The minimum Gasteiger partial charge on any atom is -0.224 e. The molecule has 0 amide bonds. The molecule has 21 heavy (non-hydrogen) atoms. The predicted octanol–water partition coefficient (Wildman–Crippen LogP) is 3.40. The molecule has 0 bridgehead atoms. The fourth-order valence-electron chi connectivity index (χ4n) is 2.25. The average molecular weight is 296 g/mol. The number of nitrogens with zero attached hydrogens (tertiary/aromatic N) is 4. The maximum absolute atomic E-state index is 4.10. The van der Waals surface area contributed by atoms with Crippen molar-refractivity contribution in [3.63, 3.8) is 0 Å². The average Bonchev–Trinajstić information content (AvgIpc) is 2.92. The van der Waals surface area contributed by atoms with Crippen molar-refractivity contribution in [1.29, 1.82) is 0 Å². The zero-order valence-electron chi connectivity index (χ0n) is 12.0. The Morgan fingerprint density at radius 2 is 1.71 bits per heavy atom. The molecule has 2 aromatic carbocycles. The molecular formula is C16H16N4S. The van der Waals surface area contributed by atoms with Crippen LogP contribution in [0.5, 0.6) is 0 Å². The number of hydrogen-bond acceptors (Lipinski definition) is 4. The summed E-state index contributed by atoms with van der Waals surface area (Å²) in [5.41, 5.74) is 3.81. The van der Waals surface area contributed by atoms with E-state index in [9.17, 15) is 0 Å². The Morgan fingerprint density at radius 3 is 2.38 bits per heavy atom. The molecule has 106 valence electrons. The Hall–Kier alpha value is -2.14. The Bertz CT molecular complexity index is 724. The quantitative estimate of drug-likeness (QED) is 0.692. The van der Waals surface area contributed by atoms with Gasteiger partial charge in [-0.1, -0.05) is 66.4 Å². The molecule has 0 N–H and O–H groups in total. The molecular weight excluding hydrogens is 280 g/mol. The molecule has 1 atom stereocenters. The lowest BCUT2D eigenvalue weighted by Crippen LogP contribution is -2.02. The zero-order valence-corrected chi connectivity index (χ0v) is 12.8. The van der Waals surface area contributed by atoms with E-state index in [1.807, 2.05) is 13.1 Å². The standard InChI is InChI=1S/C16H16N4S/c1-12-8-6-7-11-14(12)15(13-9-4-3-5-10-13)21-16-17-18-19-20(16)2/h3-11,15H,1-2H3/t15-/m1/s1. The monoisotopic (exact) mass is 296 g/mol. The molecule has 5 heteroatoms. The third-order valence-corrected chi connectivity index (χ3v) is 4.70. The van der Waals surface area contributed by atoms with Crippen molar-refractivity contribution in [3.8, 4) is 0 Å². The Balaban J connectivity index is 2.04. The number of aromatic nitrogens is 4. The smallest absolute Gasteiger partial charge is 0.209 e. The first-order valence-electron chi connectivity index (χ1n) is 6.75. The van der Waals surface area contributed by atoms with Crippen molar-refractivity contribution in [3.05, 3.63) is 71.3 Å². The highest BCUT2D eigenvalue weighted by Gasteiger charge is 2.20. The van der Waals surface area contributed by atoms with Crippen LogP contribution in [0.25, 0.3) is 0 Å². The van der Waals surface area contributed by atoms with Gasteiger partial charge in [0.05, 0.1) is 5.25 Å². The van der Waals surface area contributed by atoms with E-state index in [1.54, 1.807) is 16.4 Å². The summed E-state index contributed by atoms with van der Waals surface area (Å²) in [6, 6.07) is 18.9. The summed E-state index contributed by atoms with van der Waals surface area (Å²) in [5, 5.41) is 12.7. The lowest BCUT2D eigenvalue weighted by atomic mass is 10.0. The lowest BCUT2D eigenvalue weighted by Gasteiger charge is -2.18. The fraction of sp³-hybridized carbons (Fsp3) is 0.188. The summed E-state index contributed by atoms with van der Waals surface area (Å²) in [5.74, 6) is 0. The van der Waals surface area contributed by atoms with Gasteiger partial charge < -0.3 is 0 Å². The van der Waals surface area contributed by atoms with Crippen LogP contribution in [0.4, 0.5) is 0 Å². The van der Waals surface area contributed by atoms with E-state index in [1.165, 1.54) is 16.7 Å². The summed E-state index contributed by atoms with van der Waals surface area (Å²) in [7, 11) is 1.86. The van der Waals surface area contributed by atoms with Crippen LogP contribution >= 0.6 is 11.8 Å². The van der Waals surface area contributed by atoms with E-state index < -0.39 is 0 Å². The van der Waals surface area contributed by atoms with Gasteiger partial charge in [-0.3, -0.25) is 0 Å². The maximum Gasteiger partial charge on any atom is 0.209 e. The molecule has 0 aliphatic rings. The van der Waals surface area contributed by atoms with Gasteiger partial charge in [0.25, 0.3) is 0 Å². The first-order chi connectivity index (χ1) is 10.3. The Labute approximate surface area is 128 Å². The summed E-state index contributed by atoms with van der Waals surface area (Å²) >= 11 is 1.67. The van der Waals surface area contributed by atoms with Crippen LogP contribution in [0.1, 0.15) is 21.9 Å². The second-order valence-electron chi connectivity index (χ2n) is 4.85. The molecule has 0 unspecified atom stereocenters. The van der Waals surface area contributed by atoms with E-state index in [2.05, 4.69) is 71.0 Å². The number of benzene rings is 2. The van der Waals surface area contributed by atoms with E-state index in [0.717, 1.165) is 5.16 Å². The molecule has 1 heterocycles. The van der Waals surface area contributed by atoms with E-state index in [-0.39, 0.29) is 5.25 Å². The normalized spacial score (nSPS) is 12.3. The number of hydrogen-bond donors (Lipinski definition) is 0. The van der Waals surface area contributed by atoms with Crippen LogP contribution in [0.2, 0.25) is 0 Å². The Morgan fingerprint density at radius 1 is 1.00 bits per heavy atom. The largest absolute Gasteiger partial charge is 0.224 e. The van der Waals surface area contributed by atoms with E-state index >= 15 is 0 Å². The van der Waals surface area contributed by atoms with Crippen LogP contribution in [-0.2, 0) is 7.05 Å². The molecule has 0 radical (unpaired) electrons. The van der Waals surface area contributed by atoms with E-state index in [4.69, 9.17) is 0 Å². The van der Waals surface area contributed by atoms with Crippen molar-refractivity contribution < 1.29 is 0 Å². The third kappa shape index (κ3) is 2.97. The van der Waals surface area contributed by atoms with Gasteiger partial charge in [0.1, 0.15) is 0 Å². The molecule has 1 aromatic heterocycles. The van der Waals surface area contributed by atoms with Gasteiger partial charge in [0.2, 0.25) is 5.16 Å². The Kier molecular flexibility index (Phi) is 4.01. The summed E-state index contributed by atoms with van der Waals surface area (Å²) in [6.07, 6.45) is 0. The van der Waals surface area contributed by atoms with Gasteiger partial charge in [0.15, 0.2) is 0 Å². The van der Waals surface area contributed by atoms with Crippen LogP contribution in [0, 0.1) is 6.92 Å². The van der Waals surface area contributed by atoms with Gasteiger partial charge in [0, 0.05) is 7.05 Å². The van der Waals surface area contributed by atoms with Crippen LogP contribution in [-0.4, -0.2) is 20.2 Å². The van der Waals surface area contributed by atoms with Crippen molar-refractivity contribution in [1.82, 2.24) is 20.2 Å². The summed E-state index contributed by atoms with van der Waals surface area (Å²) in [4.78, 5) is 0. The zero-order chi connectivity index (χ0) is 14.7. The van der Waals surface area contributed by atoms with Crippen molar-refractivity contribution >= 4 is 11.8 Å². The first-order valence-corrected chi connectivity index (χ1v) is 7.63. The van der Waals surface area contributed by atoms with Gasteiger partial charge >= 0.3 is 0 Å². The summed E-state index contributed by atoms with van der Waals surface area (Å²) < 4.78 is 1.71. The van der Waals surface area contributed by atoms with Gasteiger partial charge in [-0.25, -0.2) is 4.68 Å². The van der Waals surface area contributed by atoms with Gasteiger partial charge in [-0.2, -0.15) is 0 Å². The van der Waals surface area contributed by atoms with E-state index in [0.29, 0.717) is 0 Å². The molecule has 3 aromatic rings. The van der Waals surface area contributed by atoms with Crippen molar-refractivity contribution in [2.24, 2.45) is 7.05 Å². The number of tetrazole rings is 1. The molecule has 3 rings (SSSR count). The number of thioether (sulfide) groups is 1. The second-order valence-corrected chi connectivity index (χ2v) is 5.92. The maximum atomic E-state index is 4.10. The first kappa shape index (κ1) is 13.8. The third-order valence-electron chi connectivity index (χ3n) is 3.38. The number of rotatable bonds is 4. The molecule has 0 fully saturated rings. The van der Waals surface area contributed by atoms with Gasteiger partial charge in [-0.05, 0) is 34.0 Å². The molecule has 0 spiro atoms. The lowest BCUT2D eigenvalue weighted by molar-refractivity contribution is 0.664. The SMILES string of the molecule is Cc1ccccc1[C@H](Sc1nnnn1C)c1ccccc1. The van der Waals surface area contributed by atoms with Crippen molar-refractivity contribution in [2.75, 3.05) is 0 Å². The number of aryl methyl sites for hydroxylation is 2. The summed E-state index contributed by atoms with van der Waals surface area (Å²) in [6.45, 7) is 2.14. The van der Waals surface area contributed by atoms with Crippen LogP contribution in [0.3, 0.4) is 0 Å². The van der Waals surface area contributed by atoms with Crippen LogP contribution in [0.15, 0.2) is 59.8 Å². The molecule has 0 saturated heterocycles. The highest BCUT2D eigenvalue weighted by atomic mass is 32.2. The topological polar surface area (TPSA) is 43.6 Å².